The van der Waals surface area contributed by atoms with Crippen LogP contribution in [0.2, 0.25) is 0 Å². The van der Waals surface area contributed by atoms with Crippen LogP contribution in [0.25, 0.3) is 0 Å². The van der Waals surface area contributed by atoms with E-state index >= 15 is 0 Å². The number of hydrogen-bond donors (Lipinski definition) is 3. The summed E-state index contributed by atoms with van der Waals surface area (Å²) in [6.07, 6.45) is 0. The normalized spacial score (nSPS) is 9.53. The molecule has 0 heterocycles. The number of benzene rings is 1. The molecule has 92 valence electrons. The van der Waals surface area contributed by atoms with Crippen LogP contribution in [0.4, 0.5) is 10.5 Å². The Morgan fingerprint density at radius 2 is 2.00 bits per heavy atom. The molecule has 17 heavy (non-hydrogen) atoms. The van der Waals surface area contributed by atoms with E-state index in [0.29, 0.717) is 6.54 Å². The third kappa shape index (κ3) is 5.01. The molecule has 0 aromatic heterocycles. The van der Waals surface area contributed by atoms with E-state index in [4.69, 9.17) is 0 Å². The van der Waals surface area contributed by atoms with Crippen LogP contribution in [0.1, 0.15) is 12.5 Å². The lowest BCUT2D eigenvalue weighted by atomic mass is 10.2. The summed E-state index contributed by atoms with van der Waals surface area (Å²) in [4.78, 5) is 22.5. The van der Waals surface area contributed by atoms with Gasteiger partial charge in [0.05, 0.1) is 6.54 Å². The van der Waals surface area contributed by atoms with Crippen molar-refractivity contribution in [3.05, 3.63) is 29.8 Å². The molecule has 0 radical (unpaired) electrons. The van der Waals surface area contributed by atoms with Gasteiger partial charge in [-0.2, -0.15) is 0 Å². The number of carbonyl (C=O) groups is 2. The third-order valence-corrected chi connectivity index (χ3v) is 2.05. The van der Waals surface area contributed by atoms with Crippen LogP contribution in [-0.2, 0) is 4.79 Å². The lowest BCUT2D eigenvalue weighted by Crippen LogP contribution is -2.39. The maximum absolute atomic E-state index is 11.5. The first-order valence-electron chi connectivity index (χ1n) is 5.50. The highest BCUT2D eigenvalue weighted by molar-refractivity contribution is 5.94. The van der Waals surface area contributed by atoms with Gasteiger partial charge >= 0.3 is 6.03 Å². The van der Waals surface area contributed by atoms with Crippen LogP contribution >= 0.6 is 0 Å². The summed E-state index contributed by atoms with van der Waals surface area (Å²) < 4.78 is 0. The Labute approximate surface area is 101 Å². The predicted octanol–water partition coefficient (Wildman–Crippen LogP) is 1.25. The number of nitrogens with one attached hydrogen (secondary N) is 3. The second-order valence-electron chi connectivity index (χ2n) is 3.63. The molecule has 1 aromatic rings. The molecule has 3 amide bonds. The van der Waals surface area contributed by atoms with E-state index < -0.39 is 0 Å². The van der Waals surface area contributed by atoms with Crippen molar-refractivity contribution >= 4 is 17.6 Å². The van der Waals surface area contributed by atoms with Crippen molar-refractivity contribution < 1.29 is 9.59 Å². The van der Waals surface area contributed by atoms with Gasteiger partial charge in [-0.15, -0.1) is 0 Å². The standard InChI is InChI=1S/C12H17N3O2/c1-3-13-12(17)14-8-11(16)15-10-6-4-5-9(2)7-10/h4-7H,3,8H2,1-2H3,(H,15,16)(H2,13,14,17). The fraction of sp³-hybridized carbons (Fsp3) is 0.333. The number of carbonyl (C=O) groups excluding carboxylic acids is 2. The van der Waals surface area contributed by atoms with Gasteiger partial charge in [-0.05, 0) is 31.5 Å². The summed E-state index contributed by atoms with van der Waals surface area (Å²) in [7, 11) is 0. The SMILES string of the molecule is CCNC(=O)NCC(=O)Nc1cccc(C)c1. The summed E-state index contributed by atoms with van der Waals surface area (Å²) in [5.41, 5.74) is 1.80. The first-order valence-corrected chi connectivity index (χ1v) is 5.50. The molecule has 0 saturated carbocycles. The fourth-order valence-corrected chi connectivity index (χ4v) is 1.31. The van der Waals surface area contributed by atoms with Gasteiger partial charge in [0, 0.05) is 12.2 Å². The molecule has 0 aliphatic heterocycles. The molecule has 0 spiro atoms. The average Bonchev–Trinajstić information content (AvgIpc) is 2.27. The zero-order valence-electron chi connectivity index (χ0n) is 10.0. The number of hydrogen-bond acceptors (Lipinski definition) is 2. The first-order chi connectivity index (χ1) is 8.11. The molecule has 0 saturated heterocycles. The highest BCUT2D eigenvalue weighted by atomic mass is 16.2. The zero-order chi connectivity index (χ0) is 12.7. The van der Waals surface area contributed by atoms with Gasteiger partial charge in [-0.3, -0.25) is 4.79 Å². The van der Waals surface area contributed by atoms with E-state index in [2.05, 4.69) is 16.0 Å². The molecule has 5 heteroatoms. The minimum absolute atomic E-state index is 0.0419. The Balaban J connectivity index is 2.37. The molecule has 1 aromatic carbocycles. The van der Waals surface area contributed by atoms with Crippen LogP contribution in [0.15, 0.2) is 24.3 Å². The maximum Gasteiger partial charge on any atom is 0.315 e. The quantitative estimate of drug-likeness (QED) is 0.735. The van der Waals surface area contributed by atoms with Gasteiger partial charge in [0.15, 0.2) is 0 Å². The van der Waals surface area contributed by atoms with Gasteiger partial charge in [-0.1, -0.05) is 12.1 Å². The summed E-state index contributed by atoms with van der Waals surface area (Å²) >= 11 is 0. The lowest BCUT2D eigenvalue weighted by Gasteiger charge is -2.07. The Kier molecular flexibility index (Phi) is 5.00. The minimum Gasteiger partial charge on any atom is -0.338 e. The number of rotatable bonds is 4. The largest absolute Gasteiger partial charge is 0.338 e. The van der Waals surface area contributed by atoms with E-state index in [1.165, 1.54) is 0 Å². The van der Waals surface area contributed by atoms with Crippen molar-refractivity contribution in [1.82, 2.24) is 10.6 Å². The Morgan fingerprint density at radius 1 is 1.24 bits per heavy atom. The van der Waals surface area contributed by atoms with E-state index in [1.807, 2.05) is 32.0 Å². The van der Waals surface area contributed by atoms with Crippen LogP contribution in [0.5, 0.6) is 0 Å². The second-order valence-corrected chi connectivity index (χ2v) is 3.63. The number of aryl methyl sites for hydroxylation is 1. The molecule has 0 bridgehead atoms. The summed E-state index contributed by atoms with van der Waals surface area (Å²) in [6, 6.07) is 7.14. The maximum atomic E-state index is 11.5. The van der Waals surface area contributed by atoms with Crippen LogP contribution in [-0.4, -0.2) is 25.0 Å². The molecule has 0 atom stereocenters. The molecule has 5 nitrogen and oxygen atoms in total. The third-order valence-electron chi connectivity index (χ3n) is 2.05. The average molecular weight is 235 g/mol. The van der Waals surface area contributed by atoms with E-state index in [9.17, 15) is 9.59 Å². The summed E-state index contributed by atoms with van der Waals surface area (Å²) in [6.45, 7) is 4.25. The Morgan fingerprint density at radius 3 is 2.65 bits per heavy atom. The second kappa shape index (κ2) is 6.52. The number of urea groups is 1. The highest BCUT2D eigenvalue weighted by Crippen LogP contribution is 2.08. The van der Waals surface area contributed by atoms with Gasteiger partial charge in [0.1, 0.15) is 0 Å². The molecule has 0 aliphatic carbocycles. The molecule has 1 rings (SSSR count). The van der Waals surface area contributed by atoms with Gasteiger partial charge in [-0.25, -0.2) is 4.79 Å². The van der Waals surface area contributed by atoms with Gasteiger partial charge in [0.2, 0.25) is 5.91 Å². The number of anilines is 1. The molecular formula is C12H17N3O2. The van der Waals surface area contributed by atoms with Gasteiger partial charge in [0.25, 0.3) is 0 Å². The Hall–Kier alpha value is -2.04. The lowest BCUT2D eigenvalue weighted by molar-refractivity contribution is -0.115. The van der Waals surface area contributed by atoms with Crippen molar-refractivity contribution in [2.24, 2.45) is 0 Å². The summed E-state index contributed by atoms with van der Waals surface area (Å²) in [5, 5.41) is 7.70. The van der Waals surface area contributed by atoms with Crippen molar-refractivity contribution in [1.29, 1.82) is 0 Å². The van der Waals surface area contributed by atoms with Crippen molar-refractivity contribution in [2.75, 3.05) is 18.4 Å². The van der Waals surface area contributed by atoms with Crippen molar-refractivity contribution in [3.8, 4) is 0 Å². The van der Waals surface area contributed by atoms with Gasteiger partial charge < -0.3 is 16.0 Å². The predicted molar refractivity (Wildman–Crippen MR) is 66.9 cm³/mol. The topological polar surface area (TPSA) is 70.2 Å². The Bertz CT molecular complexity index is 404. The molecule has 3 N–H and O–H groups in total. The first kappa shape index (κ1) is 13.0. The summed E-state index contributed by atoms with van der Waals surface area (Å²) in [5.74, 6) is -0.248. The van der Waals surface area contributed by atoms with E-state index in [0.717, 1.165) is 11.3 Å². The van der Waals surface area contributed by atoms with Crippen LogP contribution in [0.3, 0.4) is 0 Å². The molecule has 0 aliphatic rings. The minimum atomic E-state index is -0.341. The van der Waals surface area contributed by atoms with Crippen molar-refractivity contribution in [2.45, 2.75) is 13.8 Å². The molecule has 0 unspecified atom stereocenters. The van der Waals surface area contributed by atoms with Crippen LogP contribution in [0, 0.1) is 6.92 Å². The van der Waals surface area contributed by atoms with Crippen LogP contribution < -0.4 is 16.0 Å². The smallest absolute Gasteiger partial charge is 0.315 e. The van der Waals surface area contributed by atoms with Crippen molar-refractivity contribution in [3.63, 3.8) is 0 Å². The monoisotopic (exact) mass is 235 g/mol. The molecular weight excluding hydrogens is 218 g/mol. The molecule has 0 fully saturated rings. The van der Waals surface area contributed by atoms with E-state index in [-0.39, 0.29) is 18.5 Å². The van der Waals surface area contributed by atoms with E-state index in [1.54, 1.807) is 6.07 Å². The number of amides is 3. The highest BCUT2D eigenvalue weighted by Gasteiger charge is 2.04. The fourth-order valence-electron chi connectivity index (χ4n) is 1.31. The zero-order valence-corrected chi connectivity index (χ0v) is 10.0.